The first-order chi connectivity index (χ1) is 5.84. The quantitative estimate of drug-likeness (QED) is 0.594. The molecule has 0 aromatic heterocycles. The van der Waals surface area contributed by atoms with E-state index in [9.17, 15) is 5.11 Å². The largest absolute Gasteiger partial charge is 0.368 e. The molecule has 4 rings (SSSR count). The maximum absolute atomic E-state index is 9.53. The molecule has 4 bridgehead atoms. The van der Waals surface area contributed by atoms with Crippen molar-refractivity contribution in [3.63, 3.8) is 0 Å². The minimum absolute atomic E-state index is 0.416. The fraction of sp³-hybridized carbons (Fsp3) is 1.00. The second-order valence-corrected chi connectivity index (χ2v) is 4.67. The van der Waals surface area contributed by atoms with E-state index >= 15 is 0 Å². The van der Waals surface area contributed by atoms with E-state index in [-0.39, 0.29) is 0 Å². The summed E-state index contributed by atoms with van der Waals surface area (Å²) < 4.78 is 5.61. The summed E-state index contributed by atoms with van der Waals surface area (Å²) in [5, 5.41) is 9.53. The molecule has 2 heterocycles. The van der Waals surface area contributed by atoms with Crippen LogP contribution >= 0.6 is 0 Å². The second kappa shape index (κ2) is 2.46. The van der Waals surface area contributed by atoms with Gasteiger partial charge in [0.05, 0.1) is 6.10 Å². The van der Waals surface area contributed by atoms with Gasteiger partial charge in [-0.05, 0) is 37.5 Å². The second-order valence-electron chi connectivity index (χ2n) is 4.67. The van der Waals surface area contributed by atoms with Crippen LogP contribution in [0.15, 0.2) is 0 Å². The van der Waals surface area contributed by atoms with E-state index in [1.54, 1.807) is 0 Å². The summed E-state index contributed by atoms with van der Waals surface area (Å²) >= 11 is 0. The van der Waals surface area contributed by atoms with Crippen LogP contribution in [0.4, 0.5) is 0 Å². The Morgan fingerprint density at radius 3 is 2.25 bits per heavy atom. The number of aliphatic hydroxyl groups excluding tert-OH is 1. The molecule has 5 atom stereocenters. The Morgan fingerprint density at radius 1 is 1.00 bits per heavy atom. The first-order valence-electron chi connectivity index (χ1n) is 5.18. The van der Waals surface area contributed by atoms with Crippen molar-refractivity contribution in [1.29, 1.82) is 0 Å². The maximum atomic E-state index is 9.53. The summed E-state index contributed by atoms with van der Waals surface area (Å²) in [6, 6.07) is 0. The SMILES string of the molecule is O[C@@H]1OC2[C@@H]3CCC[C@H]2CC1C3. The fourth-order valence-corrected chi connectivity index (χ4v) is 3.46. The molecule has 2 heteroatoms. The zero-order chi connectivity index (χ0) is 8.13. The highest BCUT2D eigenvalue weighted by molar-refractivity contribution is 4.95. The monoisotopic (exact) mass is 168 g/mol. The Bertz CT molecular complexity index is 178. The molecule has 0 aromatic rings. The van der Waals surface area contributed by atoms with Crippen molar-refractivity contribution < 1.29 is 9.84 Å². The third-order valence-electron chi connectivity index (χ3n) is 3.99. The standard InChI is InChI=1S/C10H16O2/c11-10-8-4-6-2-1-3-7(5-8)9(6)12-10/h6-11H,1-5H2/t6-,7+,8?,9?,10-/m1/s1. The van der Waals surface area contributed by atoms with Crippen LogP contribution in [0.3, 0.4) is 0 Å². The molecule has 0 aromatic carbocycles. The highest BCUT2D eigenvalue weighted by atomic mass is 16.6. The van der Waals surface area contributed by atoms with Crippen LogP contribution in [0.5, 0.6) is 0 Å². The van der Waals surface area contributed by atoms with Crippen LogP contribution < -0.4 is 0 Å². The Hall–Kier alpha value is -0.0800. The Balaban J connectivity index is 1.86. The van der Waals surface area contributed by atoms with Gasteiger partial charge in [-0.25, -0.2) is 0 Å². The minimum Gasteiger partial charge on any atom is -0.368 e. The smallest absolute Gasteiger partial charge is 0.157 e. The lowest BCUT2D eigenvalue weighted by Crippen LogP contribution is -2.53. The lowest BCUT2D eigenvalue weighted by Gasteiger charge is -2.52. The normalized spacial score (nSPS) is 57.2. The molecule has 2 saturated carbocycles. The maximum Gasteiger partial charge on any atom is 0.157 e. The number of fused-ring (bicyclic) bond motifs is 1. The molecule has 4 fully saturated rings. The lowest BCUT2D eigenvalue weighted by atomic mass is 9.64. The van der Waals surface area contributed by atoms with E-state index in [0.29, 0.717) is 12.0 Å². The molecule has 2 nitrogen and oxygen atoms in total. The average molecular weight is 168 g/mol. The highest BCUT2D eigenvalue weighted by Crippen LogP contribution is 2.49. The van der Waals surface area contributed by atoms with E-state index < -0.39 is 6.29 Å². The van der Waals surface area contributed by atoms with Crippen molar-refractivity contribution in [1.82, 2.24) is 0 Å². The fourth-order valence-electron chi connectivity index (χ4n) is 3.46. The van der Waals surface area contributed by atoms with Gasteiger partial charge in [-0.15, -0.1) is 0 Å². The van der Waals surface area contributed by atoms with Gasteiger partial charge in [0.25, 0.3) is 0 Å². The first-order valence-corrected chi connectivity index (χ1v) is 5.18. The molecule has 68 valence electrons. The number of aliphatic hydroxyl groups is 1. The molecule has 2 unspecified atom stereocenters. The molecule has 4 aliphatic rings. The van der Waals surface area contributed by atoms with Crippen molar-refractivity contribution >= 4 is 0 Å². The predicted molar refractivity (Wildman–Crippen MR) is 44.4 cm³/mol. The van der Waals surface area contributed by atoms with Crippen molar-refractivity contribution in [2.75, 3.05) is 0 Å². The van der Waals surface area contributed by atoms with Crippen LogP contribution in [-0.4, -0.2) is 17.5 Å². The first kappa shape index (κ1) is 7.34. The van der Waals surface area contributed by atoms with Crippen LogP contribution in [0.1, 0.15) is 32.1 Å². The van der Waals surface area contributed by atoms with Crippen LogP contribution in [0, 0.1) is 17.8 Å². The van der Waals surface area contributed by atoms with E-state index in [1.165, 1.54) is 32.1 Å². The van der Waals surface area contributed by atoms with Gasteiger partial charge in [0.15, 0.2) is 6.29 Å². The van der Waals surface area contributed by atoms with Gasteiger partial charge in [0, 0.05) is 5.92 Å². The third-order valence-corrected chi connectivity index (χ3v) is 3.99. The van der Waals surface area contributed by atoms with Gasteiger partial charge in [0.2, 0.25) is 0 Å². The summed E-state index contributed by atoms with van der Waals surface area (Å²) in [7, 11) is 0. The van der Waals surface area contributed by atoms with Gasteiger partial charge in [-0.2, -0.15) is 0 Å². The van der Waals surface area contributed by atoms with E-state index in [2.05, 4.69) is 0 Å². The Kier molecular flexibility index (Phi) is 1.50. The van der Waals surface area contributed by atoms with Crippen LogP contribution in [-0.2, 0) is 4.74 Å². The van der Waals surface area contributed by atoms with E-state index in [4.69, 9.17) is 4.74 Å². The summed E-state index contributed by atoms with van der Waals surface area (Å²) in [4.78, 5) is 0. The number of hydrogen-bond donors (Lipinski definition) is 1. The van der Waals surface area contributed by atoms with Crippen molar-refractivity contribution in [3.8, 4) is 0 Å². The number of rotatable bonds is 0. The predicted octanol–water partition coefficient (Wildman–Crippen LogP) is 1.53. The summed E-state index contributed by atoms with van der Waals surface area (Å²) in [6.07, 6.45) is 6.50. The molecule has 0 amide bonds. The van der Waals surface area contributed by atoms with Crippen LogP contribution in [0.2, 0.25) is 0 Å². The lowest BCUT2D eigenvalue weighted by molar-refractivity contribution is -0.270. The van der Waals surface area contributed by atoms with Gasteiger partial charge in [-0.1, -0.05) is 6.42 Å². The molecule has 12 heavy (non-hydrogen) atoms. The van der Waals surface area contributed by atoms with Crippen LogP contribution in [0.25, 0.3) is 0 Å². The molecular formula is C10H16O2. The van der Waals surface area contributed by atoms with Gasteiger partial charge in [0.1, 0.15) is 0 Å². The molecule has 1 N–H and O–H groups in total. The van der Waals surface area contributed by atoms with E-state index in [0.717, 1.165) is 11.8 Å². The zero-order valence-electron chi connectivity index (χ0n) is 7.28. The summed E-state index contributed by atoms with van der Waals surface area (Å²) in [5.41, 5.74) is 0. The molecule has 2 aliphatic carbocycles. The molecule has 0 radical (unpaired) electrons. The molecule has 0 spiro atoms. The van der Waals surface area contributed by atoms with Gasteiger partial charge < -0.3 is 9.84 Å². The molecular weight excluding hydrogens is 152 g/mol. The van der Waals surface area contributed by atoms with Gasteiger partial charge >= 0.3 is 0 Å². The highest BCUT2D eigenvalue weighted by Gasteiger charge is 2.48. The van der Waals surface area contributed by atoms with E-state index in [1.807, 2.05) is 0 Å². The number of hydrogen-bond acceptors (Lipinski definition) is 2. The van der Waals surface area contributed by atoms with Crippen molar-refractivity contribution in [2.24, 2.45) is 17.8 Å². The summed E-state index contributed by atoms with van der Waals surface area (Å²) in [6.45, 7) is 0. The third kappa shape index (κ3) is 0.882. The minimum atomic E-state index is -0.430. The molecule has 2 saturated heterocycles. The van der Waals surface area contributed by atoms with Crippen molar-refractivity contribution in [2.45, 2.75) is 44.5 Å². The Morgan fingerprint density at radius 2 is 1.67 bits per heavy atom. The topological polar surface area (TPSA) is 29.5 Å². The average Bonchev–Trinajstić information content (AvgIpc) is 2.03. The Labute approximate surface area is 72.9 Å². The summed E-state index contributed by atoms with van der Waals surface area (Å²) in [5.74, 6) is 2.03. The number of ether oxygens (including phenoxy) is 1. The zero-order valence-corrected chi connectivity index (χ0v) is 7.28. The molecule has 2 aliphatic heterocycles. The van der Waals surface area contributed by atoms with Crippen molar-refractivity contribution in [3.05, 3.63) is 0 Å². The van der Waals surface area contributed by atoms with Gasteiger partial charge in [-0.3, -0.25) is 0 Å².